The Bertz CT molecular complexity index is 88.4. The maximum atomic E-state index is 10.2. The zero-order valence-electron chi connectivity index (χ0n) is 4.90. The van der Waals surface area contributed by atoms with Crippen molar-refractivity contribution in [3.8, 4) is 0 Å². The Morgan fingerprint density at radius 3 is 2.25 bits per heavy atom. The third-order valence-electron chi connectivity index (χ3n) is 0.985. The van der Waals surface area contributed by atoms with Gasteiger partial charge in [-0.3, -0.25) is 4.79 Å². The molecule has 48 valence electrons. The first kappa shape index (κ1) is 7.43. The summed E-state index contributed by atoms with van der Waals surface area (Å²) in [5.74, 6) is 0.0995. The van der Waals surface area contributed by atoms with E-state index in [1.54, 1.807) is 6.92 Å². The molecule has 0 saturated heterocycles. The van der Waals surface area contributed by atoms with Crippen LogP contribution in [0.15, 0.2) is 0 Å². The molecule has 1 saturated carbocycles. The van der Waals surface area contributed by atoms with E-state index in [0.717, 1.165) is 0 Å². The van der Waals surface area contributed by atoms with Gasteiger partial charge in [0.05, 0.1) is 0 Å². The zero-order chi connectivity index (χ0) is 5.28. The van der Waals surface area contributed by atoms with Crippen LogP contribution in [-0.2, 0) is 4.79 Å². The molecule has 0 aromatic carbocycles. The van der Waals surface area contributed by atoms with E-state index in [-0.39, 0.29) is 11.4 Å². The Kier molecular flexibility index (Phi) is 2.48. The van der Waals surface area contributed by atoms with E-state index in [1.807, 2.05) is 0 Å². The van der Waals surface area contributed by atoms with Crippen LogP contribution < -0.4 is 5.32 Å². The molecule has 1 rings (SSSR count). The molecule has 1 aliphatic rings. The van der Waals surface area contributed by atoms with Gasteiger partial charge in [0.1, 0.15) is 0 Å². The Morgan fingerprint density at radius 2 is 2.12 bits per heavy atom. The van der Waals surface area contributed by atoms with E-state index in [2.05, 4.69) is 5.32 Å². The van der Waals surface area contributed by atoms with Crippen molar-refractivity contribution in [3.05, 3.63) is 0 Å². The molecule has 0 heterocycles. The van der Waals surface area contributed by atoms with Crippen molar-refractivity contribution in [1.82, 2.24) is 5.32 Å². The maximum absolute atomic E-state index is 10.2. The van der Waals surface area contributed by atoms with Crippen LogP contribution in [-0.4, -0.2) is 17.4 Å². The molecule has 8 heavy (non-hydrogen) atoms. The second-order valence-electron chi connectivity index (χ2n) is 1.97. The summed E-state index contributed by atoms with van der Waals surface area (Å²) in [6.45, 7) is 1.55. The first-order valence-electron chi connectivity index (χ1n) is 2.56. The fourth-order valence-corrected chi connectivity index (χ4v) is 0.515. The number of nitrogens with one attached hydrogen (secondary N) is 1. The Balaban J connectivity index is 0.000000490. The van der Waals surface area contributed by atoms with Gasteiger partial charge in [-0.25, -0.2) is 0 Å². The summed E-state index contributed by atoms with van der Waals surface area (Å²) in [6.07, 6.45) is 2.36. The number of amides is 1. The molecule has 0 unspecified atom stereocenters. The van der Waals surface area contributed by atoms with Crippen LogP contribution in [0.25, 0.3) is 0 Å². The predicted molar refractivity (Wildman–Crippen MR) is 30.5 cm³/mol. The molecule has 3 N–H and O–H groups in total. The molecule has 3 nitrogen and oxygen atoms in total. The van der Waals surface area contributed by atoms with Crippen molar-refractivity contribution in [2.45, 2.75) is 25.8 Å². The van der Waals surface area contributed by atoms with Crippen LogP contribution in [0, 0.1) is 0 Å². The number of hydrogen-bond acceptors (Lipinski definition) is 1. The summed E-state index contributed by atoms with van der Waals surface area (Å²) in [5.41, 5.74) is 0. The van der Waals surface area contributed by atoms with Crippen LogP contribution in [0.3, 0.4) is 0 Å². The van der Waals surface area contributed by atoms with Crippen LogP contribution in [0.1, 0.15) is 19.8 Å². The molecular weight excluding hydrogens is 106 g/mol. The number of carbonyl (C=O) groups is 1. The van der Waals surface area contributed by atoms with Gasteiger partial charge in [0.2, 0.25) is 5.91 Å². The Hall–Kier alpha value is -0.570. The molecular formula is C5H11NO2. The highest BCUT2D eigenvalue weighted by atomic mass is 16.1. The van der Waals surface area contributed by atoms with Gasteiger partial charge in [-0.1, -0.05) is 0 Å². The summed E-state index contributed by atoms with van der Waals surface area (Å²) in [5, 5.41) is 2.78. The lowest BCUT2D eigenvalue weighted by Crippen LogP contribution is -2.21. The van der Waals surface area contributed by atoms with E-state index in [1.165, 1.54) is 12.8 Å². The minimum absolute atomic E-state index is 0. The molecule has 1 amide bonds. The molecule has 0 aliphatic heterocycles. The maximum Gasteiger partial charge on any atom is 0.217 e. The molecule has 0 aromatic rings. The average Bonchev–Trinajstić information content (AvgIpc) is 2.17. The van der Waals surface area contributed by atoms with Crippen molar-refractivity contribution in [1.29, 1.82) is 0 Å². The summed E-state index contributed by atoms with van der Waals surface area (Å²) in [6, 6.07) is 0.525. The van der Waals surface area contributed by atoms with Gasteiger partial charge in [0.15, 0.2) is 0 Å². The molecule has 1 aliphatic carbocycles. The first-order valence-corrected chi connectivity index (χ1v) is 2.56. The van der Waals surface area contributed by atoms with Crippen LogP contribution in [0.5, 0.6) is 0 Å². The second kappa shape index (κ2) is 2.67. The van der Waals surface area contributed by atoms with Crippen molar-refractivity contribution in [2.24, 2.45) is 0 Å². The lowest BCUT2D eigenvalue weighted by Gasteiger charge is -1.91. The van der Waals surface area contributed by atoms with E-state index < -0.39 is 0 Å². The monoisotopic (exact) mass is 117 g/mol. The molecule has 0 bridgehead atoms. The third kappa shape index (κ3) is 2.58. The summed E-state index contributed by atoms with van der Waals surface area (Å²) >= 11 is 0. The topological polar surface area (TPSA) is 60.6 Å². The van der Waals surface area contributed by atoms with Crippen LogP contribution in [0.4, 0.5) is 0 Å². The van der Waals surface area contributed by atoms with Crippen LogP contribution >= 0.6 is 0 Å². The highest BCUT2D eigenvalue weighted by molar-refractivity contribution is 5.73. The molecule has 0 atom stereocenters. The largest absolute Gasteiger partial charge is 0.412 e. The fourth-order valence-electron chi connectivity index (χ4n) is 0.515. The zero-order valence-corrected chi connectivity index (χ0v) is 4.90. The third-order valence-corrected chi connectivity index (χ3v) is 0.985. The van der Waals surface area contributed by atoms with Gasteiger partial charge >= 0.3 is 0 Å². The summed E-state index contributed by atoms with van der Waals surface area (Å²) in [4.78, 5) is 10.2. The van der Waals surface area contributed by atoms with E-state index in [0.29, 0.717) is 6.04 Å². The standard InChI is InChI=1S/C5H9NO.H2O/c1-4(7)6-5-2-3-5;/h5H,2-3H2,1H3,(H,6,7);1H2. The SMILES string of the molecule is CC(=O)NC1CC1.O. The van der Waals surface area contributed by atoms with Crippen molar-refractivity contribution in [2.75, 3.05) is 0 Å². The molecule has 0 aromatic heterocycles. The minimum Gasteiger partial charge on any atom is -0.412 e. The Morgan fingerprint density at radius 1 is 1.62 bits per heavy atom. The highest BCUT2D eigenvalue weighted by Gasteiger charge is 2.21. The van der Waals surface area contributed by atoms with Crippen LogP contribution in [0.2, 0.25) is 0 Å². The molecule has 3 heteroatoms. The van der Waals surface area contributed by atoms with Crippen molar-refractivity contribution < 1.29 is 10.3 Å². The average molecular weight is 117 g/mol. The van der Waals surface area contributed by atoms with Crippen molar-refractivity contribution >= 4 is 5.91 Å². The normalized spacial score (nSPS) is 16.6. The lowest BCUT2D eigenvalue weighted by atomic mass is 10.6. The highest BCUT2D eigenvalue weighted by Crippen LogP contribution is 2.17. The number of rotatable bonds is 1. The smallest absolute Gasteiger partial charge is 0.217 e. The summed E-state index contributed by atoms with van der Waals surface area (Å²) in [7, 11) is 0. The van der Waals surface area contributed by atoms with Gasteiger partial charge in [-0.05, 0) is 12.8 Å². The van der Waals surface area contributed by atoms with Gasteiger partial charge in [0, 0.05) is 13.0 Å². The van der Waals surface area contributed by atoms with Gasteiger partial charge in [0.25, 0.3) is 0 Å². The minimum atomic E-state index is 0. The lowest BCUT2D eigenvalue weighted by molar-refractivity contribution is -0.119. The van der Waals surface area contributed by atoms with E-state index in [9.17, 15) is 4.79 Å². The second-order valence-corrected chi connectivity index (χ2v) is 1.97. The molecule has 0 radical (unpaired) electrons. The first-order chi connectivity index (χ1) is 3.29. The number of hydrogen-bond donors (Lipinski definition) is 1. The van der Waals surface area contributed by atoms with Crippen molar-refractivity contribution in [3.63, 3.8) is 0 Å². The fraction of sp³-hybridized carbons (Fsp3) is 0.800. The van der Waals surface area contributed by atoms with E-state index >= 15 is 0 Å². The van der Waals surface area contributed by atoms with Gasteiger partial charge in [-0.15, -0.1) is 0 Å². The van der Waals surface area contributed by atoms with E-state index in [4.69, 9.17) is 0 Å². The quantitative estimate of drug-likeness (QED) is 0.492. The molecule has 0 spiro atoms. The number of carbonyl (C=O) groups excluding carboxylic acids is 1. The molecule has 1 fully saturated rings. The Labute approximate surface area is 48.4 Å². The predicted octanol–water partition coefficient (Wildman–Crippen LogP) is -0.540. The van der Waals surface area contributed by atoms with Gasteiger partial charge < -0.3 is 10.8 Å². The summed E-state index contributed by atoms with van der Waals surface area (Å²) < 4.78 is 0. The van der Waals surface area contributed by atoms with Gasteiger partial charge in [-0.2, -0.15) is 0 Å².